The summed E-state index contributed by atoms with van der Waals surface area (Å²) in [6.45, 7) is 0. The molecule has 0 bridgehead atoms. The Morgan fingerprint density at radius 2 is 1.84 bits per heavy atom. The Morgan fingerprint density at radius 3 is 2.47 bits per heavy atom. The maximum atomic E-state index is 11.7. The molecule has 0 radical (unpaired) electrons. The van der Waals surface area contributed by atoms with Crippen molar-refractivity contribution in [2.75, 3.05) is 14.2 Å². The molecule has 6 nitrogen and oxygen atoms in total. The number of hydrogen-bond acceptors (Lipinski definition) is 6. The summed E-state index contributed by atoms with van der Waals surface area (Å²) >= 11 is 0. The summed E-state index contributed by atoms with van der Waals surface area (Å²) in [6.07, 6.45) is 0. The number of hydrogen-bond donors (Lipinski definition) is 1. The van der Waals surface area contributed by atoms with Crippen molar-refractivity contribution in [1.82, 2.24) is 4.98 Å². The third-order valence-electron chi connectivity index (χ3n) is 2.62. The number of aromatic nitrogens is 1. The molecule has 1 heterocycles. The van der Waals surface area contributed by atoms with Crippen LogP contribution in [0.5, 0.6) is 5.75 Å². The number of benzene rings is 1. The Kier molecular flexibility index (Phi) is 3.33. The Hall–Kier alpha value is -2.63. The van der Waals surface area contributed by atoms with Gasteiger partial charge in [-0.15, -0.1) is 0 Å². The van der Waals surface area contributed by atoms with Gasteiger partial charge in [0, 0.05) is 5.39 Å². The van der Waals surface area contributed by atoms with Crippen LogP contribution in [0.3, 0.4) is 0 Å². The van der Waals surface area contributed by atoms with Gasteiger partial charge in [-0.2, -0.15) is 0 Å². The predicted molar refractivity (Wildman–Crippen MR) is 66.1 cm³/mol. The molecule has 1 aromatic heterocycles. The summed E-state index contributed by atoms with van der Waals surface area (Å²) in [7, 11) is 2.44. The van der Waals surface area contributed by atoms with E-state index in [0.717, 1.165) is 0 Å². The quantitative estimate of drug-likeness (QED) is 0.825. The van der Waals surface area contributed by atoms with Crippen LogP contribution in [0.25, 0.3) is 10.9 Å². The first-order valence-electron chi connectivity index (χ1n) is 5.38. The van der Waals surface area contributed by atoms with Crippen molar-refractivity contribution in [2.24, 2.45) is 0 Å². The topological polar surface area (TPSA) is 85.7 Å². The van der Waals surface area contributed by atoms with Crippen LogP contribution in [0.15, 0.2) is 24.3 Å². The molecule has 0 aliphatic heterocycles. The number of phenols is 1. The van der Waals surface area contributed by atoms with Crippen molar-refractivity contribution in [3.63, 3.8) is 0 Å². The molecule has 2 rings (SSSR count). The maximum absolute atomic E-state index is 11.7. The Balaban J connectivity index is 2.80. The summed E-state index contributed by atoms with van der Waals surface area (Å²) < 4.78 is 9.21. The fourth-order valence-corrected chi connectivity index (χ4v) is 1.72. The van der Waals surface area contributed by atoms with Crippen molar-refractivity contribution in [3.05, 3.63) is 35.5 Å². The number of carbonyl (C=O) groups is 2. The minimum Gasteiger partial charge on any atom is -0.506 e. The second kappa shape index (κ2) is 4.93. The molecule has 0 fully saturated rings. The van der Waals surface area contributed by atoms with E-state index in [1.54, 1.807) is 12.1 Å². The molecule has 0 saturated heterocycles. The van der Waals surface area contributed by atoms with E-state index >= 15 is 0 Å². The molecule has 0 unspecified atom stereocenters. The third-order valence-corrected chi connectivity index (χ3v) is 2.62. The van der Waals surface area contributed by atoms with Gasteiger partial charge in [0.25, 0.3) is 0 Å². The average Bonchev–Trinajstić information content (AvgIpc) is 2.45. The lowest BCUT2D eigenvalue weighted by molar-refractivity contribution is 0.0594. The number of rotatable bonds is 2. The predicted octanol–water partition coefficient (Wildman–Crippen LogP) is 1.51. The second-order valence-corrected chi connectivity index (χ2v) is 3.71. The van der Waals surface area contributed by atoms with Crippen molar-refractivity contribution >= 4 is 22.8 Å². The molecule has 98 valence electrons. The molecular weight excluding hydrogens is 250 g/mol. The number of phenolic OH excluding ortho intramolecular Hbond substituents is 1. The minimum atomic E-state index is -0.699. The molecule has 19 heavy (non-hydrogen) atoms. The van der Waals surface area contributed by atoms with Crippen LogP contribution in [0.4, 0.5) is 0 Å². The highest BCUT2D eigenvalue weighted by molar-refractivity contribution is 6.07. The van der Waals surface area contributed by atoms with Crippen molar-refractivity contribution in [2.45, 2.75) is 0 Å². The first-order valence-corrected chi connectivity index (χ1v) is 5.38. The van der Waals surface area contributed by atoms with Gasteiger partial charge in [-0.05, 0) is 12.1 Å². The molecule has 1 aromatic carbocycles. The Bertz CT molecular complexity index is 665. The van der Waals surface area contributed by atoms with E-state index in [9.17, 15) is 14.7 Å². The number of nitrogens with zero attached hydrogens (tertiary/aromatic N) is 1. The summed E-state index contributed by atoms with van der Waals surface area (Å²) in [6, 6.07) is 5.87. The molecule has 0 saturated carbocycles. The van der Waals surface area contributed by atoms with E-state index in [1.165, 1.54) is 26.4 Å². The third kappa shape index (κ3) is 2.20. The number of pyridine rings is 1. The van der Waals surface area contributed by atoms with E-state index in [4.69, 9.17) is 0 Å². The van der Waals surface area contributed by atoms with Crippen LogP contribution >= 0.6 is 0 Å². The zero-order valence-electron chi connectivity index (χ0n) is 10.3. The van der Waals surface area contributed by atoms with Gasteiger partial charge in [0.05, 0.1) is 19.8 Å². The number of carbonyl (C=O) groups excluding carboxylic acids is 2. The summed E-state index contributed by atoms with van der Waals surface area (Å²) in [5.41, 5.74) is 0.214. The number of fused-ring (bicyclic) bond motifs is 1. The molecule has 1 N–H and O–H groups in total. The lowest BCUT2D eigenvalue weighted by Gasteiger charge is -2.08. The highest BCUT2D eigenvalue weighted by atomic mass is 16.5. The van der Waals surface area contributed by atoms with Crippen molar-refractivity contribution in [1.29, 1.82) is 0 Å². The van der Waals surface area contributed by atoms with E-state index in [0.29, 0.717) is 5.39 Å². The van der Waals surface area contributed by atoms with Crippen molar-refractivity contribution in [3.8, 4) is 5.75 Å². The summed E-state index contributed by atoms with van der Waals surface area (Å²) in [5, 5.41) is 10.2. The van der Waals surface area contributed by atoms with Gasteiger partial charge in [0.2, 0.25) is 0 Å². The van der Waals surface area contributed by atoms with Gasteiger partial charge in [-0.25, -0.2) is 14.6 Å². The van der Waals surface area contributed by atoms with Crippen LogP contribution in [0.1, 0.15) is 20.8 Å². The van der Waals surface area contributed by atoms with Crippen LogP contribution in [0.2, 0.25) is 0 Å². The first kappa shape index (κ1) is 12.8. The van der Waals surface area contributed by atoms with Gasteiger partial charge in [-0.1, -0.05) is 12.1 Å². The molecule has 6 heteroatoms. The Labute approximate surface area is 108 Å². The minimum absolute atomic E-state index is 0.0723. The smallest absolute Gasteiger partial charge is 0.356 e. The molecule has 0 spiro atoms. The molecule has 0 aliphatic carbocycles. The zero-order valence-corrected chi connectivity index (χ0v) is 10.3. The molecule has 0 amide bonds. The summed E-state index contributed by atoms with van der Waals surface area (Å²) in [5.74, 6) is -1.45. The number of aromatic hydroxyl groups is 1. The average molecular weight is 261 g/mol. The van der Waals surface area contributed by atoms with Crippen molar-refractivity contribution < 1.29 is 24.2 Å². The van der Waals surface area contributed by atoms with Gasteiger partial charge >= 0.3 is 11.9 Å². The lowest BCUT2D eigenvalue weighted by Crippen LogP contribution is -2.09. The summed E-state index contributed by atoms with van der Waals surface area (Å²) in [4.78, 5) is 27.2. The second-order valence-electron chi connectivity index (χ2n) is 3.71. The number of para-hydroxylation sites is 1. The highest BCUT2D eigenvalue weighted by Gasteiger charge is 2.18. The fraction of sp³-hybridized carbons (Fsp3) is 0.154. The van der Waals surface area contributed by atoms with Gasteiger partial charge in [0.15, 0.2) is 0 Å². The number of ether oxygens (including phenoxy) is 2. The fourth-order valence-electron chi connectivity index (χ4n) is 1.72. The normalized spacial score (nSPS) is 10.2. The SMILES string of the molecule is COC(=O)c1cc(C(=O)OC)c2cccc(O)c2n1. The monoisotopic (exact) mass is 261 g/mol. The lowest BCUT2D eigenvalue weighted by atomic mass is 10.1. The van der Waals surface area contributed by atoms with Gasteiger partial charge in [-0.3, -0.25) is 0 Å². The highest BCUT2D eigenvalue weighted by Crippen LogP contribution is 2.26. The Morgan fingerprint density at radius 1 is 1.16 bits per heavy atom. The van der Waals surface area contributed by atoms with Crippen LogP contribution in [0, 0.1) is 0 Å². The molecule has 2 aromatic rings. The number of methoxy groups -OCH3 is 2. The zero-order chi connectivity index (χ0) is 14.0. The van der Waals surface area contributed by atoms with E-state index in [-0.39, 0.29) is 22.5 Å². The van der Waals surface area contributed by atoms with Gasteiger partial charge in [0.1, 0.15) is 17.0 Å². The standard InChI is InChI=1S/C13H11NO5/c1-18-12(16)8-6-9(13(17)19-2)14-11-7(8)4-3-5-10(11)15/h3-6,15H,1-2H3. The largest absolute Gasteiger partial charge is 0.506 e. The van der Waals surface area contributed by atoms with Gasteiger partial charge < -0.3 is 14.6 Å². The molecular formula is C13H11NO5. The van der Waals surface area contributed by atoms with E-state index in [1.807, 2.05) is 0 Å². The molecule has 0 aliphatic rings. The number of esters is 2. The van der Waals surface area contributed by atoms with Crippen LogP contribution in [-0.2, 0) is 9.47 Å². The van der Waals surface area contributed by atoms with Crippen LogP contribution in [-0.4, -0.2) is 36.2 Å². The molecule has 0 atom stereocenters. The first-order chi connectivity index (χ1) is 9.08. The maximum Gasteiger partial charge on any atom is 0.356 e. The van der Waals surface area contributed by atoms with E-state index in [2.05, 4.69) is 14.5 Å². The van der Waals surface area contributed by atoms with Crippen LogP contribution < -0.4 is 0 Å². The van der Waals surface area contributed by atoms with E-state index < -0.39 is 11.9 Å².